The van der Waals surface area contributed by atoms with Crippen LogP contribution in [-0.4, -0.2) is 33.2 Å². The Labute approximate surface area is 102 Å². The van der Waals surface area contributed by atoms with E-state index in [1.807, 2.05) is 38.1 Å². The highest BCUT2D eigenvalue weighted by Gasteiger charge is 2.09. The lowest BCUT2D eigenvalue weighted by Gasteiger charge is -2.17. The van der Waals surface area contributed by atoms with Gasteiger partial charge < -0.3 is 18.9 Å². The smallest absolute Gasteiger partial charge is 0.191 e. The summed E-state index contributed by atoms with van der Waals surface area (Å²) in [6, 6.07) is 7.56. The minimum absolute atomic E-state index is 0.342. The van der Waals surface area contributed by atoms with Crippen LogP contribution in [0.4, 0.5) is 0 Å². The largest absolute Gasteiger partial charge is 0.490 e. The predicted molar refractivity (Wildman–Crippen MR) is 65.5 cm³/mol. The first-order valence-corrected chi connectivity index (χ1v) is 5.80. The van der Waals surface area contributed by atoms with Gasteiger partial charge in [-0.15, -0.1) is 0 Å². The summed E-state index contributed by atoms with van der Waals surface area (Å²) < 4.78 is 21.5. The Bertz CT molecular complexity index is 314. The highest BCUT2D eigenvalue weighted by molar-refractivity contribution is 5.39. The summed E-state index contributed by atoms with van der Waals surface area (Å²) >= 11 is 0. The van der Waals surface area contributed by atoms with E-state index in [1.165, 1.54) is 0 Å². The Kier molecular flexibility index (Phi) is 6.43. The van der Waals surface area contributed by atoms with Gasteiger partial charge in [0.1, 0.15) is 6.61 Å². The maximum absolute atomic E-state index is 5.62. The lowest BCUT2D eigenvalue weighted by Crippen LogP contribution is -2.23. The number of hydrogen-bond donors (Lipinski definition) is 0. The molecular weight excluding hydrogens is 220 g/mol. The summed E-state index contributed by atoms with van der Waals surface area (Å²) in [4.78, 5) is 0. The van der Waals surface area contributed by atoms with Gasteiger partial charge in [-0.2, -0.15) is 0 Å². The van der Waals surface area contributed by atoms with Gasteiger partial charge in [0.25, 0.3) is 0 Å². The molecule has 0 aliphatic heterocycles. The van der Waals surface area contributed by atoms with E-state index in [9.17, 15) is 0 Å². The van der Waals surface area contributed by atoms with E-state index in [2.05, 4.69) is 0 Å². The van der Waals surface area contributed by atoms with Gasteiger partial charge in [0.15, 0.2) is 17.8 Å². The summed E-state index contributed by atoms with van der Waals surface area (Å²) in [7, 11) is 1.60. The van der Waals surface area contributed by atoms with Crippen LogP contribution in [0.15, 0.2) is 24.3 Å². The molecule has 0 radical (unpaired) electrons. The Morgan fingerprint density at radius 3 is 2.18 bits per heavy atom. The molecule has 1 unspecified atom stereocenters. The van der Waals surface area contributed by atoms with Crippen molar-refractivity contribution in [3.8, 4) is 11.5 Å². The van der Waals surface area contributed by atoms with Crippen molar-refractivity contribution in [3.63, 3.8) is 0 Å². The van der Waals surface area contributed by atoms with Crippen molar-refractivity contribution in [2.24, 2.45) is 0 Å². The lowest BCUT2D eigenvalue weighted by atomic mass is 10.3. The molecule has 1 rings (SSSR count). The van der Waals surface area contributed by atoms with Gasteiger partial charge in [0, 0.05) is 13.7 Å². The molecular formula is C13H20O4. The number of benzene rings is 1. The van der Waals surface area contributed by atoms with Gasteiger partial charge in [0.2, 0.25) is 0 Å². The van der Waals surface area contributed by atoms with Crippen LogP contribution in [0, 0.1) is 0 Å². The zero-order chi connectivity index (χ0) is 12.5. The molecule has 1 aromatic carbocycles. The third-order valence-electron chi connectivity index (χ3n) is 2.14. The van der Waals surface area contributed by atoms with E-state index in [0.717, 1.165) is 5.75 Å². The molecule has 96 valence electrons. The van der Waals surface area contributed by atoms with E-state index in [4.69, 9.17) is 18.9 Å². The minimum atomic E-state index is -0.352. The van der Waals surface area contributed by atoms with E-state index in [-0.39, 0.29) is 6.29 Å². The second-order valence-electron chi connectivity index (χ2n) is 3.31. The molecule has 1 aromatic rings. The fraction of sp³-hybridized carbons (Fsp3) is 0.538. The molecule has 0 amide bonds. The fourth-order valence-electron chi connectivity index (χ4n) is 1.37. The third kappa shape index (κ3) is 4.63. The van der Waals surface area contributed by atoms with Crippen LogP contribution in [0.3, 0.4) is 0 Å². The molecule has 0 spiro atoms. The summed E-state index contributed by atoms with van der Waals surface area (Å²) in [5.74, 6) is 1.44. The molecule has 0 saturated carbocycles. The van der Waals surface area contributed by atoms with E-state index in [1.54, 1.807) is 7.11 Å². The predicted octanol–water partition coefficient (Wildman–Crippen LogP) is 2.47. The summed E-state index contributed by atoms with van der Waals surface area (Å²) in [5.41, 5.74) is 0. The quantitative estimate of drug-likeness (QED) is 0.654. The second-order valence-corrected chi connectivity index (χ2v) is 3.31. The number of methoxy groups -OCH3 is 1. The number of hydrogen-bond acceptors (Lipinski definition) is 4. The molecule has 0 saturated heterocycles. The van der Waals surface area contributed by atoms with Crippen molar-refractivity contribution in [2.75, 3.05) is 26.9 Å². The molecule has 0 aliphatic rings. The number of para-hydroxylation sites is 2. The summed E-state index contributed by atoms with van der Waals surface area (Å²) in [5, 5.41) is 0. The molecule has 0 N–H and O–H groups in total. The molecule has 0 aliphatic carbocycles. The van der Waals surface area contributed by atoms with Gasteiger partial charge in [-0.25, -0.2) is 0 Å². The van der Waals surface area contributed by atoms with Gasteiger partial charge in [-0.3, -0.25) is 0 Å². The van der Waals surface area contributed by atoms with Crippen LogP contribution >= 0.6 is 0 Å². The van der Waals surface area contributed by atoms with Gasteiger partial charge in [-0.05, 0) is 26.0 Å². The van der Waals surface area contributed by atoms with Crippen LogP contribution in [-0.2, 0) is 9.47 Å². The van der Waals surface area contributed by atoms with Crippen molar-refractivity contribution in [1.29, 1.82) is 0 Å². The van der Waals surface area contributed by atoms with Crippen molar-refractivity contribution >= 4 is 0 Å². The summed E-state index contributed by atoms with van der Waals surface area (Å²) in [6.07, 6.45) is -0.352. The zero-order valence-electron chi connectivity index (χ0n) is 10.6. The maximum Gasteiger partial charge on any atom is 0.191 e. The first-order chi connectivity index (χ1) is 8.31. The molecule has 4 nitrogen and oxygen atoms in total. The van der Waals surface area contributed by atoms with Crippen LogP contribution in [0.2, 0.25) is 0 Å². The van der Waals surface area contributed by atoms with Gasteiger partial charge in [0.05, 0.1) is 6.61 Å². The average Bonchev–Trinajstić information content (AvgIpc) is 2.36. The number of rotatable bonds is 8. The Hall–Kier alpha value is -1.26. The second kappa shape index (κ2) is 7.92. The first kappa shape index (κ1) is 13.8. The molecule has 0 bridgehead atoms. The monoisotopic (exact) mass is 240 g/mol. The van der Waals surface area contributed by atoms with Crippen LogP contribution in [0.25, 0.3) is 0 Å². The van der Waals surface area contributed by atoms with E-state index in [0.29, 0.717) is 25.6 Å². The normalized spacial score (nSPS) is 12.2. The van der Waals surface area contributed by atoms with Crippen LogP contribution in [0.5, 0.6) is 11.5 Å². The number of ether oxygens (including phenoxy) is 4. The van der Waals surface area contributed by atoms with Gasteiger partial charge >= 0.3 is 0 Å². The molecule has 0 aromatic heterocycles. The van der Waals surface area contributed by atoms with Crippen molar-refractivity contribution in [3.05, 3.63) is 24.3 Å². The first-order valence-electron chi connectivity index (χ1n) is 5.80. The van der Waals surface area contributed by atoms with E-state index >= 15 is 0 Å². The Morgan fingerprint density at radius 1 is 1.00 bits per heavy atom. The van der Waals surface area contributed by atoms with E-state index < -0.39 is 0 Å². The summed E-state index contributed by atoms with van der Waals surface area (Å²) in [6.45, 7) is 5.40. The van der Waals surface area contributed by atoms with Crippen molar-refractivity contribution in [1.82, 2.24) is 0 Å². The molecule has 1 atom stereocenters. The zero-order valence-corrected chi connectivity index (χ0v) is 10.6. The average molecular weight is 240 g/mol. The molecule has 4 heteroatoms. The SMILES string of the molecule is CCOc1ccccc1OCC(OC)OCC. The molecule has 0 fully saturated rings. The highest BCUT2D eigenvalue weighted by Crippen LogP contribution is 2.26. The van der Waals surface area contributed by atoms with Gasteiger partial charge in [-0.1, -0.05) is 12.1 Å². The topological polar surface area (TPSA) is 36.9 Å². The van der Waals surface area contributed by atoms with Crippen LogP contribution < -0.4 is 9.47 Å². The Balaban J connectivity index is 2.55. The van der Waals surface area contributed by atoms with Crippen molar-refractivity contribution in [2.45, 2.75) is 20.1 Å². The van der Waals surface area contributed by atoms with Crippen LogP contribution in [0.1, 0.15) is 13.8 Å². The van der Waals surface area contributed by atoms with Crippen molar-refractivity contribution < 1.29 is 18.9 Å². The minimum Gasteiger partial charge on any atom is -0.490 e. The molecule has 17 heavy (non-hydrogen) atoms. The Morgan fingerprint density at radius 2 is 1.65 bits per heavy atom. The standard InChI is InChI=1S/C13H20O4/c1-4-15-11-8-6-7-9-12(11)17-10-13(14-3)16-5-2/h6-9,13H,4-5,10H2,1-3H3. The highest BCUT2D eigenvalue weighted by atomic mass is 16.7. The maximum atomic E-state index is 5.62. The fourth-order valence-corrected chi connectivity index (χ4v) is 1.37. The lowest BCUT2D eigenvalue weighted by molar-refractivity contribution is -0.138. The molecule has 0 heterocycles. The third-order valence-corrected chi connectivity index (χ3v) is 2.14.